The molecule has 82 valence electrons. The summed E-state index contributed by atoms with van der Waals surface area (Å²) in [5.41, 5.74) is -1.18. The number of halogens is 1. The summed E-state index contributed by atoms with van der Waals surface area (Å²) in [5.74, 6) is -1.35. The molecule has 20 heavy (non-hydrogen) atoms. The Morgan fingerprint density at radius 1 is 0.900 bits per heavy atom. The number of aromatic hydroxyl groups is 1. The Bertz CT molecular complexity index is 660. The van der Waals surface area contributed by atoms with Crippen LogP contribution in [0.2, 0.25) is 0 Å². The van der Waals surface area contributed by atoms with Gasteiger partial charge in [-0.2, -0.15) is 0 Å². The van der Waals surface area contributed by atoms with Crippen LogP contribution in [-0.2, 0) is 0 Å². The van der Waals surface area contributed by atoms with Crippen molar-refractivity contribution in [2.45, 2.75) is 0 Å². The van der Waals surface area contributed by atoms with Gasteiger partial charge in [0.1, 0.15) is 58.6 Å². The smallest absolute Gasteiger partial charge is 0.141 e. The van der Waals surface area contributed by atoms with Crippen molar-refractivity contribution in [1.29, 1.82) is 0 Å². The van der Waals surface area contributed by atoms with Gasteiger partial charge in [-0.25, -0.2) is 4.39 Å². The monoisotopic (exact) mass is 249 g/mol. The Morgan fingerprint density at radius 2 is 1.50 bits per heavy atom. The molecule has 0 fully saturated rings. The summed E-state index contributed by atoms with van der Waals surface area (Å²) in [6.45, 7) is 0. The molecule has 0 spiro atoms. The molecule has 2 aromatic rings. The molecule has 0 saturated carbocycles. The first-order valence-corrected chi connectivity index (χ1v) is 5.42. The van der Waals surface area contributed by atoms with E-state index in [-0.39, 0.29) is 44.2 Å². The largest absolute Gasteiger partial charge is 0.508 e. The van der Waals surface area contributed by atoms with Crippen molar-refractivity contribution in [2.75, 3.05) is 0 Å². The number of nitrogens with zero attached hydrogens (tertiary/aromatic N) is 1. The Balaban J connectivity index is 2.83. The third kappa shape index (κ3) is 2.19. The van der Waals surface area contributed by atoms with Crippen molar-refractivity contribution in [2.24, 2.45) is 0 Å². The second-order valence-corrected chi connectivity index (χ2v) is 4.18. The van der Waals surface area contributed by atoms with Gasteiger partial charge >= 0.3 is 0 Å². The molecule has 0 aliphatic heterocycles. The number of phenolic OH excluding ortho intramolecular Hbond substituents is 1. The van der Waals surface area contributed by atoms with Gasteiger partial charge in [0.25, 0.3) is 0 Å². The molecular weight excluding hydrogens is 246 g/mol. The molecule has 2 rings (SSSR count). The lowest BCUT2D eigenvalue weighted by Gasteiger charge is -2.17. The van der Waals surface area contributed by atoms with Crippen LogP contribution in [0.5, 0.6) is 5.75 Å². The van der Waals surface area contributed by atoms with Crippen LogP contribution in [0.15, 0.2) is 6.07 Å². The lowest BCUT2D eigenvalue weighted by Crippen LogP contribution is -2.41. The third-order valence-corrected chi connectivity index (χ3v) is 2.90. The Morgan fingerprint density at radius 3 is 2.10 bits per heavy atom. The molecular formula is C11H2B6FNO. The Hall–Kier alpha value is -1.51. The molecule has 0 atom stereocenters. The third-order valence-electron chi connectivity index (χ3n) is 2.90. The van der Waals surface area contributed by atoms with Gasteiger partial charge < -0.3 is 5.11 Å². The maximum atomic E-state index is 13.8. The van der Waals surface area contributed by atoms with Crippen LogP contribution >= 0.6 is 0 Å². The first kappa shape index (κ1) is 14.9. The molecule has 0 bridgehead atoms. The summed E-state index contributed by atoms with van der Waals surface area (Å²) in [6.07, 6.45) is 0. The lowest BCUT2D eigenvalue weighted by molar-refractivity contribution is 0.482. The topological polar surface area (TPSA) is 33.1 Å². The minimum absolute atomic E-state index is 0.00807. The second kappa shape index (κ2) is 5.12. The number of phenols is 1. The maximum Gasteiger partial charge on any atom is 0.141 e. The molecule has 12 radical (unpaired) electrons. The SMILES string of the molecule is [B]c1cc(-c2nc([B])c([B])c(F)c2[B])c(O)c([B])c1[B]. The van der Waals surface area contributed by atoms with Crippen molar-refractivity contribution in [1.82, 2.24) is 4.98 Å². The highest BCUT2D eigenvalue weighted by atomic mass is 19.1. The van der Waals surface area contributed by atoms with Gasteiger partial charge in [-0.1, -0.05) is 17.0 Å². The summed E-state index contributed by atoms with van der Waals surface area (Å²) in [4.78, 5) is 3.85. The van der Waals surface area contributed by atoms with E-state index in [0.29, 0.717) is 0 Å². The van der Waals surface area contributed by atoms with Gasteiger partial charge in [0, 0.05) is 5.56 Å². The summed E-state index contributed by atoms with van der Waals surface area (Å²) < 4.78 is 13.8. The van der Waals surface area contributed by atoms with Gasteiger partial charge in [0.05, 0.1) is 5.69 Å². The van der Waals surface area contributed by atoms with Crippen molar-refractivity contribution < 1.29 is 9.50 Å². The van der Waals surface area contributed by atoms with Crippen LogP contribution in [0.25, 0.3) is 11.3 Å². The van der Waals surface area contributed by atoms with Crippen LogP contribution in [0.3, 0.4) is 0 Å². The highest BCUT2D eigenvalue weighted by Crippen LogP contribution is 2.22. The van der Waals surface area contributed by atoms with Gasteiger partial charge in [-0.3, -0.25) is 4.98 Å². The lowest BCUT2D eigenvalue weighted by atomic mass is 9.70. The number of hydrogen-bond donors (Lipinski definition) is 1. The van der Waals surface area contributed by atoms with Crippen molar-refractivity contribution in [3.63, 3.8) is 0 Å². The number of pyridine rings is 1. The summed E-state index contributed by atoms with van der Waals surface area (Å²) in [6, 6.07) is 1.27. The number of rotatable bonds is 1. The van der Waals surface area contributed by atoms with Crippen LogP contribution in [0.1, 0.15) is 0 Å². The minimum Gasteiger partial charge on any atom is -0.508 e. The van der Waals surface area contributed by atoms with E-state index in [1.54, 1.807) is 0 Å². The molecule has 0 amide bonds. The van der Waals surface area contributed by atoms with Crippen LogP contribution in [-0.4, -0.2) is 57.2 Å². The van der Waals surface area contributed by atoms with Gasteiger partial charge in [0.2, 0.25) is 0 Å². The highest BCUT2D eigenvalue weighted by Gasteiger charge is 2.17. The highest BCUT2D eigenvalue weighted by molar-refractivity contribution is 6.58. The molecule has 9 heteroatoms. The number of benzene rings is 1. The zero-order valence-corrected chi connectivity index (χ0v) is 10.3. The van der Waals surface area contributed by atoms with E-state index in [9.17, 15) is 9.50 Å². The average Bonchev–Trinajstić information content (AvgIpc) is 2.42. The Kier molecular flexibility index (Phi) is 3.81. The van der Waals surface area contributed by atoms with Crippen LogP contribution in [0, 0.1) is 5.82 Å². The molecule has 1 aromatic carbocycles. The molecule has 1 N–H and O–H groups in total. The number of hydrogen-bond acceptors (Lipinski definition) is 2. The predicted octanol–water partition coefficient (Wildman–Crippen LogP) is -4.64. The second-order valence-electron chi connectivity index (χ2n) is 4.18. The van der Waals surface area contributed by atoms with E-state index in [1.165, 1.54) is 6.07 Å². The van der Waals surface area contributed by atoms with E-state index in [2.05, 4.69) is 4.98 Å². The van der Waals surface area contributed by atoms with E-state index in [4.69, 9.17) is 47.1 Å². The minimum atomic E-state index is -0.930. The van der Waals surface area contributed by atoms with E-state index < -0.39 is 11.6 Å². The first-order valence-electron chi connectivity index (χ1n) is 5.42. The molecule has 1 aromatic heterocycles. The molecule has 0 unspecified atom stereocenters. The first-order chi connectivity index (χ1) is 9.25. The zero-order valence-electron chi connectivity index (χ0n) is 10.3. The molecule has 0 saturated heterocycles. The maximum absolute atomic E-state index is 13.8. The van der Waals surface area contributed by atoms with E-state index in [1.807, 2.05) is 0 Å². The van der Waals surface area contributed by atoms with Gasteiger partial charge in [-0.05, 0) is 11.1 Å². The molecule has 1 heterocycles. The fraction of sp³-hybridized carbons (Fsp3) is 0. The van der Waals surface area contributed by atoms with E-state index in [0.717, 1.165) is 0 Å². The Labute approximate surface area is 124 Å². The summed E-state index contributed by atoms with van der Waals surface area (Å²) in [7, 11) is 33.3. The fourth-order valence-corrected chi connectivity index (χ4v) is 1.72. The fourth-order valence-electron chi connectivity index (χ4n) is 1.72. The normalized spacial score (nSPS) is 10.7. The van der Waals surface area contributed by atoms with Crippen molar-refractivity contribution >= 4 is 80.0 Å². The standard InChI is InChI=1S/C11H2B6FNO/c12-3-1-2(10(20)5(14)4(3)13)9-6(15)8(18)7(16)11(17)19-9/h1,20H. The average molecular weight is 248 g/mol. The quantitative estimate of drug-likeness (QED) is 0.515. The number of aromatic nitrogens is 1. The van der Waals surface area contributed by atoms with Crippen LogP contribution < -0.4 is 32.9 Å². The summed E-state index contributed by atoms with van der Waals surface area (Å²) in [5, 5.41) is 9.98. The van der Waals surface area contributed by atoms with E-state index >= 15 is 0 Å². The predicted molar refractivity (Wildman–Crippen MR) is 83.6 cm³/mol. The zero-order chi connectivity index (χ0) is 15.2. The van der Waals surface area contributed by atoms with Gasteiger partial charge in [-0.15, -0.1) is 10.9 Å². The van der Waals surface area contributed by atoms with Crippen molar-refractivity contribution in [3.05, 3.63) is 11.9 Å². The summed E-state index contributed by atoms with van der Waals surface area (Å²) >= 11 is 0. The van der Waals surface area contributed by atoms with Crippen molar-refractivity contribution in [3.8, 4) is 17.0 Å². The molecule has 0 aliphatic carbocycles. The van der Waals surface area contributed by atoms with Crippen LogP contribution in [0.4, 0.5) is 4.39 Å². The molecule has 0 aliphatic rings. The molecule has 2 nitrogen and oxygen atoms in total. The van der Waals surface area contributed by atoms with Gasteiger partial charge in [0.15, 0.2) is 0 Å².